The summed E-state index contributed by atoms with van der Waals surface area (Å²) in [6.07, 6.45) is 3.91. The number of hydrogen-bond acceptors (Lipinski definition) is 1. The van der Waals surface area contributed by atoms with Crippen molar-refractivity contribution >= 4 is 0 Å². The molecule has 1 aliphatic carbocycles. The average molecular weight is 126 g/mol. The molecular weight excluding hydrogens is 112 g/mol. The summed E-state index contributed by atoms with van der Waals surface area (Å²) in [4.78, 5) is 0. The molecule has 0 aromatic heterocycles. The predicted molar refractivity (Wildman–Crippen MR) is 36.2 cm³/mol. The summed E-state index contributed by atoms with van der Waals surface area (Å²) in [5, 5.41) is 0. The molecule has 0 spiro atoms. The van der Waals surface area contributed by atoms with Crippen LogP contribution in [0.2, 0.25) is 0 Å². The average Bonchev–Trinajstić information content (AvgIpc) is 1.72. The van der Waals surface area contributed by atoms with E-state index >= 15 is 0 Å². The van der Waals surface area contributed by atoms with Crippen molar-refractivity contribution < 1.29 is 4.74 Å². The van der Waals surface area contributed by atoms with Crippen molar-refractivity contribution in [3.05, 3.63) is 0 Å². The van der Waals surface area contributed by atoms with E-state index in [0.717, 1.165) is 11.8 Å². The van der Waals surface area contributed by atoms with Gasteiger partial charge in [-0.1, -0.05) is 13.8 Å². The van der Waals surface area contributed by atoms with Gasteiger partial charge in [0, 0.05) is 6.42 Å². The van der Waals surface area contributed by atoms with Gasteiger partial charge in [0.2, 0.25) is 0 Å². The molecule has 3 fully saturated rings. The van der Waals surface area contributed by atoms with Gasteiger partial charge in [0.05, 0.1) is 12.2 Å². The minimum Gasteiger partial charge on any atom is -0.374 e. The lowest BCUT2D eigenvalue weighted by Crippen LogP contribution is -2.50. The Hall–Kier alpha value is -0.0400. The molecule has 0 aromatic rings. The summed E-state index contributed by atoms with van der Waals surface area (Å²) in [5.74, 6) is 1.72. The van der Waals surface area contributed by atoms with Crippen LogP contribution in [0.5, 0.6) is 0 Å². The lowest BCUT2D eigenvalue weighted by atomic mass is 9.74. The van der Waals surface area contributed by atoms with Crippen molar-refractivity contribution in [3.63, 3.8) is 0 Å². The molecule has 9 heavy (non-hydrogen) atoms. The third kappa shape index (κ3) is 0.710. The largest absolute Gasteiger partial charge is 0.374 e. The second kappa shape index (κ2) is 1.72. The molecule has 4 atom stereocenters. The highest BCUT2D eigenvalue weighted by atomic mass is 16.5. The van der Waals surface area contributed by atoms with Gasteiger partial charge in [0.15, 0.2) is 0 Å². The molecule has 2 bridgehead atoms. The van der Waals surface area contributed by atoms with Crippen LogP contribution in [0.4, 0.5) is 0 Å². The Bertz CT molecular complexity index is 114. The van der Waals surface area contributed by atoms with Crippen LogP contribution in [0.1, 0.15) is 26.7 Å². The Labute approximate surface area is 56.4 Å². The maximum Gasteiger partial charge on any atom is 0.0631 e. The normalized spacial score (nSPS) is 56.7. The van der Waals surface area contributed by atoms with E-state index in [2.05, 4.69) is 13.8 Å². The lowest BCUT2D eigenvalue weighted by Gasteiger charge is -2.48. The highest BCUT2D eigenvalue weighted by Crippen LogP contribution is 2.41. The standard InChI is InChI=1S/C8H14O/c1-5-3-7-4-8(9-7)6(5)2/h5-8H,3-4H2,1-2H3/t5-,6?,7?,8?/m1/s1. The fourth-order valence-corrected chi connectivity index (χ4v) is 1.98. The molecule has 3 aliphatic rings. The zero-order chi connectivity index (χ0) is 6.43. The molecule has 3 unspecified atom stereocenters. The first-order chi connectivity index (χ1) is 4.27. The first kappa shape index (κ1) is 5.72. The van der Waals surface area contributed by atoms with E-state index < -0.39 is 0 Å². The molecular formula is C8H14O. The summed E-state index contributed by atoms with van der Waals surface area (Å²) in [5.41, 5.74) is 0. The van der Waals surface area contributed by atoms with Crippen LogP contribution in [-0.4, -0.2) is 12.2 Å². The van der Waals surface area contributed by atoms with Crippen LogP contribution in [0.25, 0.3) is 0 Å². The van der Waals surface area contributed by atoms with Crippen molar-refractivity contribution in [2.24, 2.45) is 11.8 Å². The third-order valence-corrected chi connectivity index (χ3v) is 2.98. The van der Waals surface area contributed by atoms with E-state index in [1.807, 2.05) is 0 Å². The summed E-state index contributed by atoms with van der Waals surface area (Å²) in [6.45, 7) is 4.65. The molecule has 2 saturated heterocycles. The fraction of sp³-hybridized carbons (Fsp3) is 1.00. The third-order valence-electron chi connectivity index (χ3n) is 2.98. The van der Waals surface area contributed by atoms with Crippen molar-refractivity contribution in [1.82, 2.24) is 0 Å². The number of fused-ring (bicyclic) bond motifs is 2. The molecule has 0 radical (unpaired) electrons. The first-order valence-corrected chi connectivity index (χ1v) is 3.93. The summed E-state index contributed by atoms with van der Waals surface area (Å²) < 4.78 is 5.56. The lowest BCUT2D eigenvalue weighted by molar-refractivity contribution is -0.199. The number of rotatable bonds is 0. The van der Waals surface area contributed by atoms with E-state index in [1.165, 1.54) is 12.8 Å². The van der Waals surface area contributed by atoms with Gasteiger partial charge < -0.3 is 4.74 Å². The SMILES string of the molecule is CC1C2CC(C[C@H]1C)O2. The second-order valence-electron chi connectivity index (χ2n) is 3.60. The smallest absolute Gasteiger partial charge is 0.0631 e. The van der Waals surface area contributed by atoms with Crippen LogP contribution in [0.3, 0.4) is 0 Å². The van der Waals surface area contributed by atoms with E-state index in [-0.39, 0.29) is 0 Å². The summed E-state index contributed by atoms with van der Waals surface area (Å²) in [6, 6.07) is 0. The van der Waals surface area contributed by atoms with Crippen molar-refractivity contribution in [1.29, 1.82) is 0 Å². The fourth-order valence-electron chi connectivity index (χ4n) is 1.98. The van der Waals surface area contributed by atoms with Gasteiger partial charge in [-0.25, -0.2) is 0 Å². The van der Waals surface area contributed by atoms with Gasteiger partial charge in [0.1, 0.15) is 0 Å². The topological polar surface area (TPSA) is 9.23 Å². The highest BCUT2D eigenvalue weighted by Gasteiger charge is 2.42. The van der Waals surface area contributed by atoms with Crippen LogP contribution < -0.4 is 0 Å². The molecule has 0 aromatic carbocycles. The summed E-state index contributed by atoms with van der Waals surface area (Å²) in [7, 11) is 0. The van der Waals surface area contributed by atoms with Gasteiger partial charge in [-0.2, -0.15) is 0 Å². The minimum atomic E-state index is 0.624. The number of ether oxygens (including phenoxy) is 1. The Morgan fingerprint density at radius 2 is 1.89 bits per heavy atom. The molecule has 2 aliphatic heterocycles. The van der Waals surface area contributed by atoms with Crippen LogP contribution in [0.15, 0.2) is 0 Å². The zero-order valence-corrected chi connectivity index (χ0v) is 6.13. The Morgan fingerprint density at radius 1 is 1.22 bits per heavy atom. The van der Waals surface area contributed by atoms with E-state index in [4.69, 9.17) is 4.74 Å². The van der Waals surface area contributed by atoms with Crippen molar-refractivity contribution in [2.45, 2.75) is 38.9 Å². The molecule has 0 amide bonds. The van der Waals surface area contributed by atoms with Gasteiger partial charge in [-0.05, 0) is 18.3 Å². The Balaban J connectivity index is 2.04. The van der Waals surface area contributed by atoms with Crippen LogP contribution >= 0.6 is 0 Å². The number of hydrogen-bond donors (Lipinski definition) is 0. The second-order valence-corrected chi connectivity index (χ2v) is 3.60. The maximum atomic E-state index is 5.56. The zero-order valence-electron chi connectivity index (χ0n) is 6.13. The minimum absolute atomic E-state index is 0.624. The monoisotopic (exact) mass is 126 g/mol. The van der Waals surface area contributed by atoms with Gasteiger partial charge >= 0.3 is 0 Å². The van der Waals surface area contributed by atoms with Gasteiger partial charge in [0.25, 0.3) is 0 Å². The molecule has 1 nitrogen and oxygen atoms in total. The van der Waals surface area contributed by atoms with Crippen molar-refractivity contribution in [3.8, 4) is 0 Å². The van der Waals surface area contributed by atoms with Crippen LogP contribution in [0, 0.1) is 11.8 Å². The molecule has 52 valence electrons. The molecule has 0 N–H and O–H groups in total. The highest BCUT2D eigenvalue weighted by molar-refractivity contribution is 4.91. The Morgan fingerprint density at radius 3 is 2.22 bits per heavy atom. The Kier molecular flexibility index (Phi) is 1.10. The molecule has 1 saturated carbocycles. The van der Waals surface area contributed by atoms with E-state index in [9.17, 15) is 0 Å². The maximum absolute atomic E-state index is 5.56. The van der Waals surface area contributed by atoms with Gasteiger partial charge in [-0.15, -0.1) is 0 Å². The summed E-state index contributed by atoms with van der Waals surface area (Å²) >= 11 is 0. The molecule has 2 heterocycles. The quantitative estimate of drug-likeness (QED) is 0.481. The van der Waals surface area contributed by atoms with Crippen LogP contribution in [-0.2, 0) is 4.74 Å². The molecule has 1 heteroatoms. The first-order valence-electron chi connectivity index (χ1n) is 3.93. The van der Waals surface area contributed by atoms with E-state index in [0.29, 0.717) is 12.2 Å². The van der Waals surface area contributed by atoms with Gasteiger partial charge in [-0.3, -0.25) is 0 Å². The van der Waals surface area contributed by atoms with Crippen molar-refractivity contribution in [2.75, 3.05) is 0 Å². The predicted octanol–water partition coefficient (Wildman–Crippen LogP) is 1.82. The molecule has 3 rings (SSSR count). The van der Waals surface area contributed by atoms with E-state index in [1.54, 1.807) is 0 Å².